The Balaban J connectivity index is 1.72. The van der Waals surface area contributed by atoms with Crippen molar-refractivity contribution >= 4 is 32.8 Å². The molecule has 0 atom stereocenters. The summed E-state index contributed by atoms with van der Waals surface area (Å²) in [5.41, 5.74) is 2.72. The number of rotatable bonds is 3. The standard InChI is InChI=1S/C23H17N3O3S/c27-23-19-6-2-4-8-22(19)30(28,29)26(15-16-9-11-24-12-10-16)21(23)13-17-14-25-20-7-3-1-5-18(17)20/h1-14,25H,15H2. The van der Waals surface area contributed by atoms with Gasteiger partial charge >= 0.3 is 0 Å². The number of hydrogen-bond donors (Lipinski definition) is 1. The van der Waals surface area contributed by atoms with Crippen LogP contribution < -0.4 is 0 Å². The molecule has 0 saturated heterocycles. The van der Waals surface area contributed by atoms with Crippen molar-refractivity contribution in [2.24, 2.45) is 0 Å². The molecule has 4 aromatic rings. The Bertz CT molecular complexity index is 1410. The van der Waals surface area contributed by atoms with Gasteiger partial charge in [0.2, 0.25) is 5.78 Å². The van der Waals surface area contributed by atoms with E-state index >= 15 is 0 Å². The van der Waals surface area contributed by atoms with Gasteiger partial charge in [-0.05, 0) is 42.0 Å². The van der Waals surface area contributed by atoms with E-state index in [2.05, 4.69) is 9.97 Å². The third-order valence-electron chi connectivity index (χ3n) is 5.19. The number of allylic oxidation sites excluding steroid dienone is 1. The predicted molar refractivity (Wildman–Crippen MR) is 114 cm³/mol. The number of hydrogen-bond acceptors (Lipinski definition) is 4. The number of nitrogens with one attached hydrogen (secondary N) is 1. The maximum absolute atomic E-state index is 13.5. The molecule has 3 heterocycles. The molecule has 1 aliphatic rings. The molecule has 1 N–H and O–H groups in total. The van der Waals surface area contributed by atoms with Crippen LogP contribution in [-0.2, 0) is 16.6 Å². The third-order valence-corrected chi connectivity index (χ3v) is 7.01. The minimum atomic E-state index is -3.91. The number of fused-ring (bicyclic) bond motifs is 2. The van der Waals surface area contributed by atoms with Crippen molar-refractivity contribution in [1.82, 2.24) is 14.3 Å². The second-order valence-corrected chi connectivity index (χ2v) is 8.84. The van der Waals surface area contributed by atoms with Crippen molar-refractivity contribution in [1.29, 1.82) is 0 Å². The highest BCUT2D eigenvalue weighted by Gasteiger charge is 2.39. The fourth-order valence-corrected chi connectivity index (χ4v) is 5.34. The molecule has 0 bridgehead atoms. The van der Waals surface area contributed by atoms with Crippen LogP contribution in [0.2, 0.25) is 0 Å². The topological polar surface area (TPSA) is 83.1 Å². The summed E-state index contributed by atoms with van der Waals surface area (Å²) in [7, 11) is -3.91. The van der Waals surface area contributed by atoms with E-state index in [1.165, 1.54) is 10.4 Å². The molecule has 6 nitrogen and oxygen atoms in total. The molecule has 2 aromatic heterocycles. The summed E-state index contributed by atoms with van der Waals surface area (Å²) in [6.45, 7) is 0.0408. The maximum atomic E-state index is 13.5. The second kappa shape index (κ2) is 6.96. The first-order valence-corrected chi connectivity index (χ1v) is 10.8. The molecule has 5 rings (SSSR count). The van der Waals surface area contributed by atoms with Gasteiger partial charge in [-0.15, -0.1) is 0 Å². The van der Waals surface area contributed by atoms with Crippen molar-refractivity contribution in [3.05, 3.63) is 102 Å². The van der Waals surface area contributed by atoms with Crippen LogP contribution in [0.4, 0.5) is 0 Å². The van der Waals surface area contributed by atoms with Crippen molar-refractivity contribution in [3.8, 4) is 0 Å². The fraction of sp³-hybridized carbons (Fsp3) is 0.0435. The molecule has 0 aliphatic carbocycles. The number of nitrogens with zero attached hydrogens (tertiary/aromatic N) is 2. The van der Waals surface area contributed by atoms with Crippen LogP contribution in [-0.4, -0.2) is 28.5 Å². The summed E-state index contributed by atoms with van der Waals surface area (Å²) in [5.74, 6) is -0.320. The minimum Gasteiger partial charge on any atom is -0.361 e. The van der Waals surface area contributed by atoms with Crippen molar-refractivity contribution in [2.45, 2.75) is 11.4 Å². The zero-order chi connectivity index (χ0) is 20.7. The first-order valence-electron chi connectivity index (χ1n) is 9.39. The summed E-state index contributed by atoms with van der Waals surface area (Å²) >= 11 is 0. The van der Waals surface area contributed by atoms with Crippen LogP contribution >= 0.6 is 0 Å². The molecule has 0 saturated carbocycles. The number of pyridine rings is 1. The lowest BCUT2D eigenvalue weighted by atomic mass is 10.0. The van der Waals surface area contributed by atoms with Crippen LogP contribution in [0.5, 0.6) is 0 Å². The molecule has 0 amide bonds. The Morgan fingerprint density at radius 3 is 2.53 bits per heavy atom. The van der Waals surface area contributed by atoms with Crippen molar-refractivity contribution < 1.29 is 13.2 Å². The minimum absolute atomic E-state index is 0.0279. The van der Waals surface area contributed by atoms with E-state index in [4.69, 9.17) is 0 Å². The van der Waals surface area contributed by atoms with Gasteiger partial charge in [-0.1, -0.05) is 30.3 Å². The lowest BCUT2D eigenvalue weighted by molar-refractivity contribution is 0.100. The summed E-state index contributed by atoms with van der Waals surface area (Å²) in [6, 6.07) is 17.5. The predicted octanol–water partition coefficient (Wildman–Crippen LogP) is 3.99. The molecule has 2 aromatic carbocycles. The van der Waals surface area contributed by atoms with Crippen LogP contribution in [0.1, 0.15) is 21.5 Å². The Morgan fingerprint density at radius 1 is 0.967 bits per heavy atom. The molecule has 0 unspecified atom stereocenters. The van der Waals surface area contributed by atoms with Gasteiger partial charge in [0.15, 0.2) is 0 Å². The largest absolute Gasteiger partial charge is 0.361 e. The molecule has 0 fully saturated rings. The number of aromatic nitrogens is 2. The van der Waals surface area contributed by atoms with Gasteiger partial charge in [0.1, 0.15) is 5.70 Å². The molecular weight excluding hydrogens is 398 g/mol. The van der Waals surface area contributed by atoms with E-state index in [-0.39, 0.29) is 28.5 Å². The van der Waals surface area contributed by atoms with Crippen LogP contribution in [0.3, 0.4) is 0 Å². The first kappa shape index (κ1) is 18.3. The number of benzene rings is 2. The first-order chi connectivity index (χ1) is 14.6. The molecule has 0 spiro atoms. The number of carbonyl (C=O) groups excluding carboxylic acids is 1. The van der Waals surface area contributed by atoms with Gasteiger partial charge in [-0.25, -0.2) is 8.42 Å². The van der Waals surface area contributed by atoms with Crippen LogP contribution in [0, 0.1) is 0 Å². The van der Waals surface area contributed by atoms with Crippen LogP contribution in [0.15, 0.2) is 89.8 Å². The number of aromatic amines is 1. The molecule has 30 heavy (non-hydrogen) atoms. The van der Waals surface area contributed by atoms with E-state index in [0.717, 1.165) is 22.0 Å². The van der Waals surface area contributed by atoms with Crippen molar-refractivity contribution in [2.75, 3.05) is 0 Å². The van der Waals surface area contributed by atoms with Gasteiger partial charge in [0, 0.05) is 40.6 Å². The van der Waals surface area contributed by atoms with Gasteiger partial charge in [-0.2, -0.15) is 0 Å². The highest BCUT2D eigenvalue weighted by Crippen LogP contribution is 2.35. The smallest absolute Gasteiger partial charge is 0.265 e. The zero-order valence-electron chi connectivity index (χ0n) is 15.8. The molecular formula is C23H17N3O3S. The number of sulfonamides is 1. The van der Waals surface area contributed by atoms with Gasteiger partial charge in [0.25, 0.3) is 10.0 Å². The normalized spacial score (nSPS) is 16.7. The number of Topliss-reactive ketones (excluding diaryl/α,β-unsaturated/α-hetero) is 1. The lowest BCUT2D eigenvalue weighted by Gasteiger charge is -2.31. The Hall–Kier alpha value is -3.71. The van der Waals surface area contributed by atoms with E-state index in [0.29, 0.717) is 0 Å². The Kier molecular flexibility index (Phi) is 4.25. The molecule has 1 aliphatic heterocycles. The highest BCUT2D eigenvalue weighted by molar-refractivity contribution is 7.89. The van der Waals surface area contributed by atoms with E-state index in [1.807, 2.05) is 24.3 Å². The quantitative estimate of drug-likeness (QED) is 0.513. The lowest BCUT2D eigenvalue weighted by Crippen LogP contribution is -2.38. The molecule has 148 valence electrons. The molecule has 0 radical (unpaired) electrons. The summed E-state index contributed by atoms with van der Waals surface area (Å²) in [6.07, 6.45) is 6.63. The molecule has 7 heteroatoms. The number of ketones is 1. The summed E-state index contributed by atoms with van der Waals surface area (Å²) < 4.78 is 28.1. The Labute approximate surface area is 173 Å². The van der Waals surface area contributed by atoms with Gasteiger partial charge in [-0.3, -0.25) is 14.1 Å². The van der Waals surface area contributed by atoms with Gasteiger partial charge < -0.3 is 4.98 Å². The van der Waals surface area contributed by atoms with E-state index in [1.54, 1.807) is 55.0 Å². The highest BCUT2D eigenvalue weighted by atomic mass is 32.2. The second-order valence-electron chi connectivity index (χ2n) is 7.01. The summed E-state index contributed by atoms with van der Waals surface area (Å²) in [4.78, 5) is 20.5. The van der Waals surface area contributed by atoms with Gasteiger partial charge in [0.05, 0.1) is 11.4 Å². The number of H-pyrrole nitrogens is 1. The van der Waals surface area contributed by atoms with E-state index in [9.17, 15) is 13.2 Å². The third kappa shape index (κ3) is 2.91. The average molecular weight is 415 g/mol. The Morgan fingerprint density at radius 2 is 1.70 bits per heavy atom. The SMILES string of the molecule is O=C1C(=Cc2c[nH]c3ccccc23)N(Cc2ccncc2)S(=O)(=O)c2ccccc21. The summed E-state index contributed by atoms with van der Waals surface area (Å²) in [5, 5.41) is 0.915. The zero-order valence-corrected chi connectivity index (χ0v) is 16.6. The van der Waals surface area contributed by atoms with Crippen molar-refractivity contribution in [3.63, 3.8) is 0 Å². The number of carbonyl (C=O) groups is 1. The average Bonchev–Trinajstić information content (AvgIpc) is 3.18. The monoisotopic (exact) mass is 415 g/mol. The van der Waals surface area contributed by atoms with E-state index < -0.39 is 10.0 Å². The maximum Gasteiger partial charge on any atom is 0.265 e. The van der Waals surface area contributed by atoms with Crippen LogP contribution in [0.25, 0.3) is 17.0 Å². The number of para-hydroxylation sites is 1. The fourth-order valence-electron chi connectivity index (χ4n) is 3.70.